The molecule has 2 aromatic rings. The number of nitrogens with one attached hydrogen (secondary N) is 2. The van der Waals surface area contributed by atoms with Crippen LogP contribution in [0.1, 0.15) is 34.0 Å². The Hall–Kier alpha value is -3.42. The molecule has 1 atom stereocenters. The van der Waals surface area contributed by atoms with E-state index >= 15 is 0 Å². The zero-order chi connectivity index (χ0) is 20.1. The van der Waals surface area contributed by atoms with Gasteiger partial charge in [0.05, 0.1) is 4.92 Å². The van der Waals surface area contributed by atoms with Gasteiger partial charge in [-0.05, 0) is 57.0 Å². The normalized spacial score (nSPS) is 11.4. The second-order valence-electron chi connectivity index (χ2n) is 6.16. The van der Waals surface area contributed by atoms with Crippen LogP contribution < -0.4 is 15.6 Å². The van der Waals surface area contributed by atoms with Crippen molar-refractivity contribution in [3.63, 3.8) is 0 Å². The largest absolute Gasteiger partial charge is 0.481 e. The number of carbonyl (C=O) groups is 2. The minimum Gasteiger partial charge on any atom is -0.481 e. The van der Waals surface area contributed by atoms with Crippen LogP contribution in [0.5, 0.6) is 5.75 Å². The van der Waals surface area contributed by atoms with Crippen LogP contribution in [0.4, 0.5) is 5.69 Å². The lowest BCUT2D eigenvalue weighted by molar-refractivity contribution is -0.385. The van der Waals surface area contributed by atoms with Crippen LogP contribution in [0.3, 0.4) is 0 Å². The number of aryl methyl sites for hydroxylation is 2. The van der Waals surface area contributed by atoms with Gasteiger partial charge in [-0.3, -0.25) is 30.6 Å². The van der Waals surface area contributed by atoms with Crippen molar-refractivity contribution in [2.24, 2.45) is 0 Å². The Kier molecular flexibility index (Phi) is 6.12. The van der Waals surface area contributed by atoms with Crippen LogP contribution >= 0.6 is 0 Å². The zero-order valence-corrected chi connectivity index (χ0v) is 15.5. The Morgan fingerprint density at radius 1 is 1.07 bits per heavy atom. The van der Waals surface area contributed by atoms with Crippen molar-refractivity contribution in [1.29, 1.82) is 0 Å². The fourth-order valence-corrected chi connectivity index (χ4v) is 2.39. The molecule has 0 saturated heterocycles. The standard InChI is InChI=1S/C19H21N3O5/c1-11-6-5-7-17(13(11)3)27-14(4)18(23)20-21-19(24)15-8-9-16(22(25)26)12(2)10-15/h5-10,14H,1-4H3,(H,20,23)(H,21,24)/t14-/m1/s1. The maximum Gasteiger partial charge on any atom is 0.279 e. The first kappa shape index (κ1) is 19.9. The predicted octanol–water partition coefficient (Wildman–Crippen LogP) is 2.75. The number of ether oxygens (including phenoxy) is 1. The van der Waals surface area contributed by atoms with Gasteiger partial charge < -0.3 is 4.74 Å². The SMILES string of the molecule is Cc1cc(C(=O)NNC(=O)[C@@H](C)Oc2cccc(C)c2C)ccc1[N+](=O)[O-]. The lowest BCUT2D eigenvalue weighted by Gasteiger charge is -2.17. The number of nitrogens with zero attached hydrogens (tertiary/aromatic N) is 1. The Morgan fingerprint density at radius 3 is 2.41 bits per heavy atom. The van der Waals surface area contributed by atoms with E-state index in [9.17, 15) is 19.7 Å². The number of nitro benzene ring substituents is 1. The summed E-state index contributed by atoms with van der Waals surface area (Å²) in [6.45, 7) is 6.94. The molecule has 0 saturated carbocycles. The van der Waals surface area contributed by atoms with Gasteiger partial charge >= 0.3 is 0 Å². The highest BCUT2D eigenvalue weighted by Gasteiger charge is 2.18. The van der Waals surface area contributed by atoms with Gasteiger partial charge in [0, 0.05) is 17.2 Å². The molecule has 2 rings (SSSR count). The minimum atomic E-state index is -0.829. The van der Waals surface area contributed by atoms with E-state index in [-0.39, 0.29) is 11.3 Å². The van der Waals surface area contributed by atoms with E-state index in [1.165, 1.54) is 25.1 Å². The average Bonchev–Trinajstić information content (AvgIpc) is 2.62. The highest BCUT2D eigenvalue weighted by Crippen LogP contribution is 2.22. The summed E-state index contributed by atoms with van der Waals surface area (Å²) in [6.07, 6.45) is -0.829. The Morgan fingerprint density at radius 2 is 1.78 bits per heavy atom. The van der Waals surface area contributed by atoms with Crippen LogP contribution in [0.2, 0.25) is 0 Å². The average molecular weight is 371 g/mol. The van der Waals surface area contributed by atoms with Gasteiger partial charge in [-0.25, -0.2) is 0 Å². The number of rotatable bonds is 5. The smallest absolute Gasteiger partial charge is 0.279 e. The fraction of sp³-hybridized carbons (Fsp3) is 0.263. The molecule has 2 aromatic carbocycles. The highest BCUT2D eigenvalue weighted by molar-refractivity contribution is 5.96. The van der Waals surface area contributed by atoms with E-state index in [1.54, 1.807) is 13.0 Å². The molecule has 0 aliphatic heterocycles. The monoisotopic (exact) mass is 371 g/mol. The number of carbonyl (C=O) groups excluding carboxylic acids is 2. The van der Waals surface area contributed by atoms with Crippen LogP contribution in [0.25, 0.3) is 0 Å². The number of benzene rings is 2. The molecule has 27 heavy (non-hydrogen) atoms. The number of hydrazine groups is 1. The summed E-state index contributed by atoms with van der Waals surface area (Å²) in [5.74, 6) is -0.516. The summed E-state index contributed by atoms with van der Waals surface area (Å²) in [5.41, 5.74) is 7.02. The number of hydrogen-bond donors (Lipinski definition) is 2. The molecule has 0 heterocycles. The number of amides is 2. The van der Waals surface area contributed by atoms with Gasteiger partial charge in [0.2, 0.25) is 0 Å². The second-order valence-corrected chi connectivity index (χ2v) is 6.16. The van der Waals surface area contributed by atoms with E-state index in [4.69, 9.17) is 4.74 Å². The van der Waals surface area contributed by atoms with E-state index in [1.807, 2.05) is 26.0 Å². The molecule has 0 spiro atoms. The first-order valence-electron chi connectivity index (χ1n) is 8.28. The summed E-state index contributed by atoms with van der Waals surface area (Å²) in [5, 5.41) is 10.8. The summed E-state index contributed by atoms with van der Waals surface area (Å²) in [6, 6.07) is 9.50. The Balaban J connectivity index is 1.96. The van der Waals surface area contributed by atoms with Crippen LogP contribution in [0, 0.1) is 30.9 Å². The van der Waals surface area contributed by atoms with E-state index in [2.05, 4.69) is 10.9 Å². The van der Waals surface area contributed by atoms with Crippen molar-refractivity contribution in [3.05, 3.63) is 68.8 Å². The molecule has 0 aliphatic carbocycles. The maximum absolute atomic E-state index is 12.1. The van der Waals surface area contributed by atoms with E-state index in [0.29, 0.717) is 11.3 Å². The third-order valence-electron chi connectivity index (χ3n) is 4.18. The molecule has 0 unspecified atom stereocenters. The lowest BCUT2D eigenvalue weighted by atomic mass is 10.1. The first-order valence-corrected chi connectivity index (χ1v) is 8.28. The topological polar surface area (TPSA) is 111 Å². The van der Waals surface area contributed by atoms with Crippen molar-refractivity contribution in [2.75, 3.05) is 0 Å². The fourth-order valence-electron chi connectivity index (χ4n) is 2.39. The molecule has 0 aromatic heterocycles. The molecule has 142 valence electrons. The molecule has 0 radical (unpaired) electrons. The molecule has 0 fully saturated rings. The van der Waals surface area contributed by atoms with Crippen molar-refractivity contribution in [2.45, 2.75) is 33.8 Å². The Bertz CT molecular complexity index is 895. The van der Waals surface area contributed by atoms with E-state index in [0.717, 1.165) is 11.1 Å². The van der Waals surface area contributed by atoms with Gasteiger partial charge in [-0.15, -0.1) is 0 Å². The van der Waals surface area contributed by atoms with Crippen molar-refractivity contribution >= 4 is 17.5 Å². The predicted molar refractivity (Wildman–Crippen MR) is 99.4 cm³/mol. The van der Waals surface area contributed by atoms with Crippen LogP contribution in [-0.4, -0.2) is 22.8 Å². The maximum atomic E-state index is 12.1. The van der Waals surface area contributed by atoms with Gasteiger partial charge in [0.15, 0.2) is 6.10 Å². The molecule has 2 N–H and O–H groups in total. The third-order valence-corrected chi connectivity index (χ3v) is 4.18. The Labute approximate surface area is 156 Å². The molecule has 2 amide bonds. The van der Waals surface area contributed by atoms with E-state index < -0.39 is 22.8 Å². The second kappa shape index (κ2) is 8.31. The lowest BCUT2D eigenvalue weighted by Crippen LogP contribution is -2.47. The van der Waals surface area contributed by atoms with Crippen molar-refractivity contribution < 1.29 is 19.2 Å². The first-order chi connectivity index (χ1) is 12.7. The summed E-state index contributed by atoms with van der Waals surface area (Å²) in [7, 11) is 0. The van der Waals surface area contributed by atoms with Crippen molar-refractivity contribution in [1.82, 2.24) is 10.9 Å². The molecule has 0 bridgehead atoms. The molecule has 8 nitrogen and oxygen atoms in total. The number of nitro groups is 1. The summed E-state index contributed by atoms with van der Waals surface area (Å²) >= 11 is 0. The van der Waals surface area contributed by atoms with Gasteiger partial charge in [0.25, 0.3) is 17.5 Å². The van der Waals surface area contributed by atoms with Gasteiger partial charge in [-0.2, -0.15) is 0 Å². The van der Waals surface area contributed by atoms with Gasteiger partial charge in [0.1, 0.15) is 5.75 Å². The number of hydrogen-bond acceptors (Lipinski definition) is 5. The third kappa shape index (κ3) is 4.81. The minimum absolute atomic E-state index is 0.0777. The zero-order valence-electron chi connectivity index (χ0n) is 15.5. The van der Waals surface area contributed by atoms with Crippen molar-refractivity contribution in [3.8, 4) is 5.75 Å². The molecular formula is C19H21N3O5. The molecule has 8 heteroatoms. The molecular weight excluding hydrogens is 350 g/mol. The summed E-state index contributed by atoms with van der Waals surface area (Å²) < 4.78 is 5.65. The highest BCUT2D eigenvalue weighted by atomic mass is 16.6. The van der Waals surface area contributed by atoms with Gasteiger partial charge in [-0.1, -0.05) is 12.1 Å². The van der Waals surface area contributed by atoms with Crippen LogP contribution in [0.15, 0.2) is 36.4 Å². The quantitative estimate of drug-likeness (QED) is 0.620. The van der Waals surface area contributed by atoms with Crippen LogP contribution in [-0.2, 0) is 4.79 Å². The molecule has 0 aliphatic rings. The summed E-state index contributed by atoms with van der Waals surface area (Å²) in [4.78, 5) is 34.6.